The monoisotopic (exact) mass is 410 g/mol. The lowest BCUT2D eigenvalue weighted by atomic mass is 9.33. The Kier molecular flexibility index (Phi) is 5.21. The molecule has 0 aromatic rings. The fourth-order valence-corrected chi connectivity index (χ4v) is 7.21. The quantitative estimate of drug-likeness (QED) is 0.515. The topological polar surface area (TPSA) is 69.9 Å². The van der Waals surface area contributed by atoms with Gasteiger partial charge in [0.25, 0.3) is 0 Å². The molecular weight excluding hydrogens is 364 g/mol. The van der Waals surface area contributed by atoms with Gasteiger partial charge in [0.1, 0.15) is 0 Å². The molecule has 0 aliphatic heterocycles. The molecular formula is C25H46O4. The summed E-state index contributed by atoms with van der Waals surface area (Å²) in [5.74, 6) is 0.475. The number of hydrogen-bond acceptors (Lipinski definition) is 4. The Hall–Kier alpha value is -0.160. The van der Waals surface area contributed by atoms with Crippen LogP contribution in [0.15, 0.2) is 0 Å². The molecule has 4 heteroatoms. The molecule has 0 aromatic heterocycles. The molecule has 0 radical (unpaired) electrons. The largest absolute Gasteiger partial charge is 0.390 e. The Labute approximate surface area is 178 Å². The summed E-state index contributed by atoms with van der Waals surface area (Å²) in [7, 11) is 0. The van der Waals surface area contributed by atoms with E-state index in [2.05, 4.69) is 20.8 Å². The maximum absolute atomic E-state index is 11.3. The van der Waals surface area contributed by atoms with Crippen molar-refractivity contribution >= 4 is 0 Å². The minimum Gasteiger partial charge on any atom is -0.390 e. The van der Waals surface area contributed by atoms with Gasteiger partial charge in [-0.2, -0.15) is 0 Å². The fraction of sp³-hybridized carbons (Fsp3) is 1.00. The van der Waals surface area contributed by atoms with Crippen LogP contribution in [0.1, 0.15) is 107 Å². The van der Waals surface area contributed by atoms with Gasteiger partial charge < -0.3 is 20.1 Å². The smallest absolute Gasteiger partial charge is 0.160 e. The number of rotatable bonds is 7. The van der Waals surface area contributed by atoms with E-state index < -0.39 is 23.1 Å². The lowest BCUT2D eigenvalue weighted by Crippen LogP contribution is -2.71. The van der Waals surface area contributed by atoms with Crippen LogP contribution in [0.25, 0.3) is 0 Å². The summed E-state index contributed by atoms with van der Waals surface area (Å²) in [6.45, 7) is 18.2. The van der Waals surface area contributed by atoms with Gasteiger partial charge in [0, 0.05) is 21.7 Å². The minimum absolute atomic E-state index is 0.169. The summed E-state index contributed by atoms with van der Waals surface area (Å²) in [4.78, 5) is 0. The van der Waals surface area contributed by atoms with Crippen LogP contribution < -0.4 is 0 Å². The first-order chi connectivity index (χ1) is 12.8. The van der Waals surface area contributed by atoms with Crippen LogP contribution in [-0.4, -0.2) is 38.4 Å². The molecule has 4 fully saturated rings. The van der Waals surface area contributed by atoms with Crippen molar-refractivity contribution in [3.8, 4) is 0 Å². The number of ether oxygens (including phenoxy) is 1. The SMILES string of the molecule is CCC(C)(C)C(O)OC(C)(C)C12CC3CC(C(C)(C)O)(CC(C(C)(C)O)(C3)C1)C2. The minimum atomic E-state index is -0.841. The van der Waals surface area contributed by atoms with Crippen LogP contribution in [0.4, 0.5) is 0 Å². The molecule has 4 nitrogen and oxygen atoms in total. The summed E-state index contributed by atoms with van der Waals surface area (Å²) in [5, 5.41) is 33.6. The van der Waals surface area contributed by atoms with Crippen molar-refractivity contribution in [1.82, 2.24) is 0 Å². The second-order valence-electron chi connectivity index (χ2n) is 13.3. The van der Waals surface area contributed by atoms with Crippen LogP contribution in [0.2, 0.25) is 0 Å². The van der Waals surface area contributed by atoms with E-state index >= 15 is 0 Å². The molecule has 0 amide bonds. The van der Waals surface area contributed by atoms with Crippen molar-refractivity contribution in [2.24, 2.45) is 27.6 Å². The number of aliphatic hydroxyl groups is 3. The second-order valence-corrected chi connectivity index (χ2v) is 13.3. The van der Waals surface area contributed by atoms with Gasteiger partial charge in [0.2, 0.25) is 0 Å². The van der Waals surface area contributed by atoms with Gasteiger partial charge in [-0.15, -0.1) is 0 Å². The van der Waals surface area contributed by atoms with Gasteiger partial charge in [-0.05, 0) is 92.4 Å². The maximum Gasteiger partial charge on any atom is 0.160 e. The van der Waals surface area contributed by atoms with Crippen LogP contribution in [0.3, 0.4) is 0 Å². The van der Waals surface area contributed by atoms with Crippen molar-refractivity contribution in [3.05, 3.63) is 0 Å². The molecule has 0 heterocycles. The molecule has 4 saturated carbocycles. The lowest BCUT2D eigenvalue weighted by molar-refractivity contribution is -0.326. The molecule has 4 rings (SSSR count). The zero-order chi connectivity index (χ0) is 22.3. The Morgan fingerprint density at radius 3 is 1.55 bits per heavy atom. The molecule has 0 aromatic carbocycles. The highest BCUT2D eigenvalue weighted by molar-refractivity contribution is 5.22. The Balaban J connectivity index is 2.06. The number of hydrogen-bond donors (Lipinski definition) is 3. The normalized spacial score (nSPS) is 39.1. The van der Waals surface area contributed by atoms with Gasteiger partial charge in [0.15, 0.2) is 6.29 Å². The van der Waals surface area contributed by atoms with Gasteiger partial charge in [-0.25, -0.2) is 0 Å². The van der Waals surface area contributed by atoms with E-state index in [0.717, 1.165) is 44.9 Å². The average molecular weight is 411 g/mol. The van der Waals surface area contributed by atoms with E-state index in [1.807, 2.05) is 41.5 Å². The molecule has 3 unspecified atom stereocenters. The molecule has 4 aliphatic carbocycles. The van der Waals surface area contributed by atoms with Crippen LogP contribution in [-0.2, 0) is 4.74 Å². The van der Waals surface area contributed by atoms with E-state index in [1.54, 1.807) is 0 Å². The first kappa shape index (κ1) is 23.5. The number of aliphatic hydroxyl groups excluding tert-OH is 1. The van der Waals surface area contributed by atoms with Gasteiger partial charge >= 0.3 is 0 Å². The molecule has 3 atom stereocenters. The molecule has 4 aliphatic rings. The lowest BCUT2D eigenvalue weighted by Gasteiger charge is -2.74. The van der Waals surface area contributed by atoms with Crippen molar-refractivity contribution in [1.29, 1.82) is 0 Å². The maximum atomic E-state index is 11.3. The highest BCUT2D eigenvalue weighted by atomic mass is 16.6. The fourth-order valence-electron chi connectivity index (χ4n) is 7.21. The predicted octanol–water partition coefficient (Wildman–Crippen LogP) is 5.03. The molecule has 170 valence electrons. The summed E-state index contributed by atoms with van der Waals surface area (Å²) < 4.78 is 6.49. The first-order valence-electron chi connectivity index (χ1n) is 11.7. The average Bonchev–Trinajstić information content (AvgIpc) is 2.51. The van der Waals surface area contributed by atoms with E-state index in [1.165, 1.54) is 0 Å². The molecule has 0 saturated heterocycles. The Morgan fingerprint density at radius 2 is 1.17 bits per heavy atom. The standard InChI is InChI=1S/C25H46O4/c1-10-19(2,3)18(26)29-22(8,9)25-13-17-11-23(15-25,20(4,5)27)14-24(12-17,16-25)21(6,7)28/h17-18,26-28H,10-16H2,1-9H3. The van der Waals surface area contributed by atoms with Crippen molar-refractivity contribution < 1.29 is 20.1 Å². The van der Waals surface area contributed by atoms with Gasteiger partial charge in [0.05, 0.1) is 16.8 Å². The summed E-state index contributed by atoms with van der Waals surface area (Å²) in [6.07, 6.45) is 5.74. The van der Waals surface area contributed by atoms with Gasteiger partial charge in [-0.1, -0.05) is 20.8 Å². The third-order valence-corrected chi connectivity index (χ3v) is 9.93. The Morgan fingerprint density at radius 1 is 0.793 bits per heavy atom. The Bertz CT molecular complexity index is 606. The van der Waals surface area contributed by atoms with Crippen molar-refractivity contribution in [2.45, 2.75) is 130 Å². The van der Waals surface area contributed by atoms with Crippen molar-refractivity contribution in [3.63, 3.8) is 0 Å². The van der Waals surface area contributed by atoms with E-state index in [-0.39, 0.29) is 21.7 Å². The summed E-state index contributed by atoms with van der Waals surface area (Å²) in [6, 6.07) is 0. The van der Waals surface area contributed by atoms with Crippen molar-refractivity contribution in [2.75, 3.05) is 0 Å². The zero-order valence-corrected chi connectivity index (χ0v) is 20.4. The molecule has 4 bridgehead atoms. The highest BCUT2D eigenvalue weighted by Crippen LogP contribution is 2.76. The van der Waals surface area contributed by atoms with Gasteiger partial charge in [-0.3, -0.25) is 0 Å². The second kappa shape index (κ2) is 6.43. The first-order valence-corrected chi connectivity index (χ1v) is 11.7. The third-order valence-electron chi connectivity index (χ3n) is 9.93. The van der Waals surface area contributed by atoms with Crippen LogP contribution in [0.5, 0.6) is 0 Å². The van der Waals surface area contributed by atoms with Crippen LogP contribution in [0, 0.1) is 27.6 Å². The van der Waals surface area contributed by atoms with E-state index in [9.17, 15) is 15.3 Å². The molecule has 0 spiro atoms. The predicted molar refractivity (Wildman–Crippen MR) is 116 cm³/mol. The third kappa shape index (κ3) is 3.41. The molecule has 3 N–H and O–H groups in total. The van der Waals surface area contributed by atoms with Crippen LogP contribution >= 0.6 is 0 Å². The van der Waals surface area contributed by atoms with E-state index in [0.29, 0.717) is 5.92 Å². The zero-order valence-electron chi connectivity index (χ0n) is 20.4. The molecule has 29 heavy (non-hydrogen) atoms. The summed E-state index contributed by atoms with van der Waals surface area (Å²) in [5.41, 5.74) is -3.11. The summed E-state index contributed by atoms with van der Waals surface area (Å²) >= 11 is 0. The highest BCUT2D eigenvalue weighted by Gasteiger charge is 2.72. The van der Waals surface area contributed by atoms with E-state index in [4.69, 9.17) is 4.74 Å².